The van der Waals surface area contributed by atoms with Gasteiger partial charge in [0.05, 0.1) is 5.60 Å². The van der Waals surface area contributed by atoms with Crippen LogP contribution in [0.3, 0.4) is 0 Å². The van der Waals surface area contributed by atoms with Gasteiger partial charge in [0, 0.05) is 0 Å². The molecule has 0 spiro atoms. The second-order valence-electron chi connectivity index (χ2n) is 4.45. The van der Waals surface area contributed by atoms with Crippen LogP contribution in [-0.2, 0) is 4.43 Å². The van der Waals surface area contributed by atoms with Gasteiger partial charge in [0.2, 0.25) is 0 Å². The number of rotatable bonds is 5. The summed E-state index contributed by atoms with van der Waals surface area (Å²) in [4.78, 5) is 0. The predicted molar refractivity (Wildman–Crippen MR) is 60.9 cm³/mol. The molecule has 1 nitrogen and oxygen atoms in total. The molecule has 0 bridgehead atoms. The molecule has 1 saturated carbocycles. The second-order valence-corrected chi connectivity index (χ2v) is 4.86. The topological polar surface area (TPSA) is 9.23 Å². The van der Waals surface area contributed by atoms with Crippen LogP contribution in [0.2, 0.25) is 0 Å². The minimum atomic E-state index is 0.251. The van der Waals surface area contributed by atoms with E-state index in [0.29, 0.717) is 0 Å². The Morgan fingerprint density at radius 1 is 1.23 bits per heavy atom. The molecule has 1 rings (SSSR count). The highest BCUT2D eigenvalue weighted by molar-refractivity contribution is 5.98. The molecule has 1 aliphatic rings. The first-order valence-corrected chi connectivity index (χ1v) is 6.63. The Morgan fingerprint density at radius 2 is 1.77 bits per heavy atom. The molecule has 0 radical (unpaired) electrons. The van der Waals surface area contributed by atoms with Gasteiger partial charge in [-0.05, 0) is 25.2 Å². The molecule has 1 fully saturated rings. The predicted octanol–water partition coefficient (Wildman–Crippen LogP) is 2.42. The zero-order valence-corrected chi connectivity index (χ0v) is 11.4. The Balaban J connectivity index is 2.44. The Morgan fingerprint density at radius 3 is 2.15 bits per heavy atom. The van der Waals surface area contributed by atoms with Crippen LogP contribution in [0.4, 0.5) is 0 Å². The average Bonchev–Trinajstić information content (AvgIpc) is 2.67. The van der Waals surface area contributed by atoms with Gasteiger partial charge in [-0.3, -0.25) is 0 Å². The Hall–Kier alpha value is 0.177. The number of hydrogen-bond donors (Lipinski definition) is 0. The third-order valence-electron chi connectivity index (χ3n) is 3.86. The van der Waals surface area contributed by atoms with Crippen LogP contribution >= 0.6 is 0 Å². The summed E-state index contributed by atoms with van der Waals surface area (Å²) < 4.78 is 5.84. The molecule has 0 aromatic rings. The largest absolute Gasteiger partial charge is 0.422 e. The van der Waals surface area contributed by atoms with Crippen LogP contribution in [-0.4, -0.2) is 16.1 Å². The SMILES string of the molecule is CCC(CC)(CC1CCCC1)O[SiH3]. The fraction of sp³-hybridized carbons (Fsp3) is 1.00. The molecule has 1 aliphatic carbocycles. The third kappa shape index (κ3) is 2.81. The lowest BCUT2D eigenvalue weighted by Gasteiger charge is -2.33. The molecular formula is C11H24OSi. The van der Waals surface area contributed by atoms with E-state index in [1.54, 1.807) is 0 Å². The van der Waals surface area contributed by atoms with Crippen molar-refractivity contribution in [1.82, 2.24) is 0 Å². The lowest BCUT2D eigenvalue weighted by atomic mass is 9.85. The Labute approximate surface area is 85.8 Å². The van der Waals surface area contributed by atoms with Crippen molar-refractivity contribution in [2.75, 3.05) is 0 Å². The van der Waals surface area contributed by atoms with Gasteiger partial charge in [-0.1, -0.05) is 39.5 Å². The molecule has 2 heteroatoms. The van der Waals surface area contributed by atoms with Crippen LogP contribution in [0, 0.1) is 5.92 Å². The van der Waals surface area contributed by atoms with Crippen LogP contribution in [0.25, 0.3) is 0 Å². The van der Waals surface area contributed by atoms with Gasteiger partial charge in [0.1, 0.15) is 10.5 Å². The first-order valence-electron chi connectivity index (χ1n) is 5.81. The molecule has 78 valence electrons. The zero-order chi connectivity index (χ0) is 9.73. The fourth-order valence-corrected chi connectivity index (χ4v) is 3.40. The van der Waals surface area contributed by atoms with E-state index in [9.17, 15) is 0 Å². The molecule has 13 heavy (non-hydrogen) atoms. The van der Waals surface area contributed by atoms with Gasteiger partial charge < -0.3 is 4.43 Å². The van der Waals surface area contributed by atoms with Gasteiger partial charge in [0.25, 0.3) is 0 Å². The first-order chi connectivity index (χ1) is 6.26. The summed E-state index contributed by atoms with van der Waals surface area (Å²) in [6, 6.07) is 0. The Bertz CT molecular complexity index is 129. The normalized spacial score (nSPS) is 19.8. The molecular weight excluding hydrogens is 176 g/mol. The van der Waals surface area contributed by atoms with Crippen molar-refractivity contribution in [2.24, 2.45) is 5.92 Å². The van der Waals surface area contributed by atoms with E-state index in [0.717, 1.165) is 16.4 Å². The molecule has 0 unspecified atom stereocenters. The van der Waals surface area contributed by atoms with Gasteiger partial charge in [0.15, 0.2) is 0 Å². The molecule has 0 aliphatic heterocycles. The quantitative estimate of drug-likeness (QED) is 0.619. The third-order valence-corrected chi connectivity index (χ3v) is 4.72. The fourth-order valence-electron chi connectivity index (χ4n) is 2.65. The second kappa shape index (κ2) is 5.16. The summed E-state index contributed by atoms with van der Waals surface area (Å²) in [6.07, 6.45) is 9.53. The summed E-state index contributed by atoms with van der Waals surface area (Å²) >= 11 is 0. The average molecular weight is 200 g/mol. The maximum absolute atomic E-state index is 5.84. The van der Waals surface area contributed by atoms with Crippen molar-refractivity contribution >= 4 is 10.5 Å². The van der Waals surface area contributed by atoms with E-state index in [1.807, 2.05) is 0 Å². The summed E-state index contributed by atoms with van der Waals surface area (Å²) in [5.74, 6) is 0.967. The van der Waals surface area contributed by atoms with E-state index in [1.165, 1.54) is 44.9 Å². The van der Waals surface area contributed by atoms with Gasteiger partial charge in [-0.25, -0.2) is 0 Å². The molecule has 0 heterocycles. The minimum Gasteiger partial charge on any atom is -0.422 e. The van der Waals surface area contributed by atoms with Crippen molar-refractivity contribution in [2.45, 2.75) is 64.4 Å². The van der Waals surface area contributed by atoms with Crippen molar-refractivity contribution in [3.63, 3.8) is 0 Å². The first kappa shape index (κ1) is 11.3. The van der Waals surface area contributed by atoms with Crippen molar-refractivity contribution in [3.8, 4) is 0 Å². The molecule has 0 N–H and O–H groups in total. The van der Waals surface area contributed by atoms with E-state index >= 15 is 0 Å². The van der Waals surface area contributed by atoms with Crippen molar-refractivity contribution in [3.05, 3.63) is 0 Å². The smallest absolute Gasteiger partial charge is 0.146 e. The van der Waals surface area contributed by atoms with Crippen LogP contribution < -0.4 is 0 Å². The van der Waals surface area contributed by atoms with Crippen LogP contribution in [0.1, 0.15) is 58.8 Å². The maximum atomic E-state index is 5.84. The maximum Gasteiger partial charge on any atom is 0.146 e. The van der Waals surface area contributed by atoms with Crippen molar-refractivity contribution in [1.29, 1.82) is 0 Å². The summed E-state index contributed by atoms with van der Waals surface area (Å²) in [5, 5.41) is 0. The van der Waals surface area contributed by atoms with Gasteiger partial charge in [-0.2, -0.15) is 0 Å². The summed E-state index contributed by atoms with van der Waals surface area (Å²) in [7, 11) is 0.896. The summed E-state index contributed by atoms with van der Waals surface area (Å²) in [6.45, 7) is 4.55. The highest BCUT2D eigenvalue weighted by atomic mass is 28.2. The van der Waals surface area contributed by atoms with Gasteiger partial charge >= 0.3 is 0 Å². The van der Waals surface area contributed by atoms with E-state index in [-0.39, 0.29) is 5.60 Å². The molecule has 0 amide bonds. The lowest BCUT2D eigenvalue weighted by Crippen LogP contribution is -2.32. The van der Waals surface area contributed by atoms with Crippen LogP contribution in [0.15, 0.2) is 0 Å². The highest BCUT2D eigenvalue weighted by Crippen LogP contribution is 2.36. The molecule has 0 saturated heterocycles. The monoisotopic (exact) mass is 200 g/mol. The number of hydrogen-bond acceptors (Lipinski definition) is 1. The van der Waals surface area contributed by atoms with E-state index < -0.39 is 0 Å². The van der Waals surface area contributed by atoms with E-state index in [2.05, 4.69) is 13.8 Å². The van der Waals surface area contributed by atoms with Gasteiger partial charge in [-0.15, -0.1) is 0 Å². The lowest BCUT2D eigenvalue weighted by molar-refractivity contribution is 0.0438. The van der Waals surface area contributed by atoms with Crippen molar-refractivity contribution < 1.29 is 4.43 Å². The van der Waals surface area contributed by atoms with Crippen LogP contribution in [0.5, 0.6) is 0 Å². The molecule has 0 aromatic carbocycles. The zero-order valence-electron chi connectivity index (χ0n) is 9.44. The van der Waals surface area contributed by atoms with E-state index in [4.69, 9.17) is 4.43 Å². The Kier molecular flexibility index (Phi) is 4.46. The molecule has 0 atom stereocenters. The summed E-state index contributed by atoms with van der Waals surface area (Å²) in [5.41, 5.74) is 0.251. The molecule has 0 aromatic heterocycles. The highest BCUT2D eigenvalue weighted by Gasteiger charge is 2.29. The minimum absolute atomic E-state index is 0.251. The standard InChI is InChI=1S/C11H24OSi/c1-3-11(4-2,12-13)9-10-7-5-6-8-10/h10H,3-9H2,1-2,13H3.